The van der Waals surface area contributed by atoms with E-state index in [4.69, 9.17) is 9.52 Å². The predicted octanol–water partition coefficient (Wildman–Crippen LogP) is 5.13. The predicted molar refractivity (Wildman–Crippen MR) is 117 cm³/mol. The Morgan fingerprint density at radius 3 is 2.59 bits per heavy atom. The van der Waals surface area contributed by atoms with Gasteiger partial charge in [-0.05, 0) is 51.0 Å². The number of rotatable bonds is 3. The van der Waals surface area contributed by atoms with Gasteiger partial charge in [0.1, 0.15) is 6.26 Å². The summed E-state index contributed by atoms with van der Waals surface area (Å²) >= 11 is 0. The molecule has 3 aromatic rings. The maximum absolute atomic E-state index is 13.1. The van der Waals surface area contributed by atoms with E-state index in [9.17, 15) is 18.0 Å². The SMILES string of the molecule is Cc1cc([C@H]2CN(C(=O)c3cocn3)CC[C@@H]2C)n2nc(C3CCC(C(F)(F)F)CC3)cc2n1. The quantitative estimate of drug-likeness (QED) is 0.525. The molecule has 2 fully saturated rings. The van der Waals surface area contributed by atoms with E-state index < -0.39 is 12.1 Å². The molecule has 3 aromatic heterocycles. The van der Waals surface area contributed by atoms with Crippen LogP contribution in [0.25, 0.3) is 5.65 Å². The number of amides is 1. The lowest BCUT2D eigenvalue weighted by Crippen LogP contribution is -2.42. The minimum atomic E-state index is -4.12. The largest absolute Gasteiger partial charge is 0.451 e. The lowest BCUT2D eigenvalue weighted by molar-refractivity contribution is -0.182. The van der Waals surface area contributed by atoms with Crippen molar-refractivity contribution in [3.05, 3.63) is 47.6 Å². The molecule has 4 heterocycles. The first kappa shape index (κ1) is 22.9. The first-order valence-electron chi connectivity index (χ1n) is 11.8. The van der Waals surface area contributed by atoms with Crippen LogP contribution in [0.2, 0.25) is 0 Å². The summed E-state index contributed by atoms with van der Waals surface area (Å²) in [5.41, 5.74) is 3.62. The van der Waals surface area contributed by atoms with E-state index in [1.807, 2.05) is 23.6 Å². The summed E-state index contributed by atoms with van der Waals surface area (Å²) in [6.45, 7) is 5.27. The van der Waals surface area contributed by atoms with Crippen LogP contribution in [0.4, 0.5) is 13.2 Å². The topological polar surface area (TPSA) is 76.5 Å². The fourth-order valence-corrected chi connectivity index (χ4v) is 5.45. The minimum Gasteiger partial charge on any atom is -0.451 e. The fraction of sp³-hybridized carbons (Fsp3) is 0.583. The fourth-order valence-electron chi connectivity index (χ4n) is 5.45. The van der Waals surface area contributed by atoms with E-state index in [0.717, 1.165) is 23.5 Å². The van der Waals surface area contributed by atoms with E-state index in [2.05, 4.69) is 16.9 Å². The number of alkyl halides is 3. The summed E-state index contributed by atoms with van der Waals surface area (Å²) in [6, 6.07) is 3.93. The molecule has 1 saturated heterocycles. The van der Waals surface area contributed by atoms with Crippen molar-refractivity contribution < 1.29 is 22.4 Å². The van der Waals surface area contributed by atoms with Gasteiger partial charge in [0.15, 0.2) is 17.7 Å². The summed E-state index contributed by atoms with van der Waals surface area (Å²) in [5, 5.41) is 4.84. The van der Waals surface area contributed by atoms with Crippen LogP contribution in [0.5, 0.6) is 0 Å². The molecule has 0 N–H and O–H groups in total. The van der Waals surface area contributed by atoms with Crippen LogP contribution in [-0.4, -0.2) is 49.7 Å². The molecule has 1 aliphatic heterocycles. The molecule has 10 heteroatoms. The zero-order chi connectivity index (χ0) is 24.0. The Hall–Kier alpha value is -2.91. The highest BCUT2D eigenvalue weighted by Crippen LogP contribution is 2.43. The highest BCUT2D eigenvalue weighted by molar-refractivity contribution is 5.92. The number of carbonyl (C=O) groups is 1. The first-order valence-corrected chi connectivity index (χ1v) is 11.8. The van der Waals surface area contributed by atoms with Crippen LogP contribution in [0.3, 0.4) is 0 Å². The van der Waals surface area contributed by atoms with Crippen LogP contribution in [0.15, 0.2) is 29.2 Å². The van der Waals surface area contributed by atoms with Crippen LogP contribution in [0, 0.1) is 18.8 Å². The molecule has 0 spiro atoms. The third-order valence-corrected chi connectivity index (χ3v) is 7.49. The molecular formula is C24H28F3N5O2. The minimum absolute atomic E-state index is 0.00229. The number of aromatic nitrogens is 4. The molecule has 0 unspecified atom stereocenters. The average molecular weight is 476 g/mol. The second kappa shape index (κ2) is 8.70. The zero-order valence-electron chi connectivity index (χ0n) is 19.3. The molecule has 1 amide bonds. The second-order valence-corrected chi connectivity index (χ2v) is 9.75. The van der Waals surface area contributed by atoms with E-state index in [1.165, 1.54) is 12.7 Å². The maximum atomic E-state index is 13.1. The van der Waals surface area contributed by atoms with Gasteiger partial charge in [0.25, 0.3) is 5.91 Å². The number of fused-ring (bicyclic) bond motifs is 1. The Bertz CT molecular complexity index is 1170. The Morgan fingerprint density at radius 2 is 1.91 bits per heavy atom. The second-order valence-electron chi connectivity index (χ2n) is 9.75. The molecule has 34 heavy (non-hydrogen) atoms. The Labute approximate surface area is 195 Å². The van der Waals surface area contributed by atoms with Crippen molar-refractivity contribution in [3.8, 4) is 0 Å². The third kappa shape index (κ3) is 4.30. The number of hydrogen-bond acceptors (Lipinski definition) is 5. The number of aryl methyl sites for hydroxylation is 1. The van der Waals surface area contributed by atoms with Gasteiger partial charge in [0.2, 0.25) is 0 Å². The molecule has 0 bridgehead atoms. The van der Waals surface area contributed by atoms with Crippen LogP contribution >= 0.6 is 0 Å². The number of oxazole rings is 1. The summed E-state index contributed by atoms with van der Waals surface area (Å²) in [5.74, 6) is -1.01. The van der Waals surface area contributed by atoms with Gasteiger partial charge in [-0.2, -0.15) is 18.3 Å². The van der Waals surface area contributed by atoms with Crippen LogP contribution in [-0.2, 0) is 0 Å². The maximum Gasteiger partial charge on any atom is 0.391 e. The van der Waals surface area contributed by atoms with Crippen molar-refractivity contribution in [1.82, 2.24) is 24.5 Å². The molecule has 182 valence electrons. The van der Waals surface area contributed by atoms with E-state index in [-0.39, 0.29) is 30.6 Å². The summed E-state index contributed by atoms with van der Waals surface area (Å²) < 4.78 is 46.1. The van der Waals surface area contributed by atoms with Gasteiger partial charge >= 0.3 is 6.18 Å². The first-order chi connectivity index (χ1) is 16.2. The van der Waals surface area contributed by atoms with Crippen molar-refractivity contribution >= 4 is 11.6 Å². The lowest BCUT2D eigenvalue weighted by atomic mass is 9.80. The van der Waals surface area contributed by atoms with Crippen molar-refractivity contribution in [1.29, 1.82) is 0 Å². The van der Waals surface area contributed by atoms with Crippen molar-refractivity contribution in [3.63, 3.8) is 0 Å². The zero-order valence-corrected chi connectivity index (χ0v) is 19.3. The molecular weight excluding hydrogens is 447 g/mol. The smallest absolute Gasteiger partial charge is 0.391 e. The molecule has 1 aliphatic carbocycles. The number of halogens is 3. The van der Waals surface area contributed by atoms with Gasteiger partial charge in [-0.3, -0.25) is 4.79 Å². The number of carbonyl (C=O) groups excluding carboxylic acids is 1. The average Bonchev–Trinajstić information content (AvgIpc) is 3.48. The molecule has 7 nitrogen and oxygen atoms in total. The normalized spacial score (nSPS) is 26.2. The summed E-state index contributed by atoms with van der Waals surface area (Å²) in [6.07, 6.45) is 0.553. The van der Waals surface area contributed by atoms with Gasteiger partial charge in [-0.25, -0.2) is 14.5 Å². The Kier molecular flexibility index (Phi) is 5.85. The third-order valence-electron chi connectivity index (χ3n) is 7.49. The molecule has 2 atom stereocenters. The highest BCUT2D eigenvalue weighted by atomic mass is 19.4. The van der Waals surface area contributed by atoms with Gasteiger partial charge in [0, 0.05) is 36.7 Å². The molecule has 0 aromatic carbocycles. The molecule has 2 aliphatic rings. The van der Waals surface area contributed by atoms with Gasteiger partial charge in [-0.1, -0.05) is 6.92 Å². The van der Waals surface area contributed by atoms with E-state index >= 15 is 0 Å². The summed E-state index contributed by atoms with van der Waals surface area (Å²) in [7, 11) is 0. The Balaban J connectivity index is 1.42. The Morgan fingerprint density at radius 1 is 1.15 bits per heavy atom. The van der Waals surface area contributed by atoms with Gasteiger partial charge in [-0.15, -0.1) is 0 Å². The van der Waals surface area contributed by atoms with E-state index in [1.54, 1.807) is 4.90 Å². The van der Waals surface area contributed by atoms with Crippen LogP contribution in [0.1, 0.15) is 78.4 Å². The highest BCUT2D eigenvalue weighted by Gasteiger charge is 2.42. The number of piperidine rings is 1. The van der Waals surface area contributed by atoms with Gasteiger partial charge in [0.05, 0.1) is 17.3 Å². The number of hydrogen-bond donors (Lipinski definition) is 0. The van der Waals surface area contributed by atoms with Crippen molar-refractivity contribution in [2.75, 3.05) is 13.1 Å². The monoisotopic (exact) mass is 475 g/mol. The lowest BCUT2D eigenvalue weighted by Gasteiger charge is -2.37. The van der Waals surface area contributed by atoms with Crippen LogP contribution < -0.4 is 0 Å². The van der Waals surface area contributed by atoms with E-state index in [0.29, 0.717) is 43.2 Å². The van der Waals surface area contributed by atoms with Crippen molar-refractivity contribution in [2.45, 2.75) is 64.0 Å². The van der Waals surface area contributed by atoms with Crippen molar-refractivity contribution in [2.24, 2.45) is 11.8 Å². The standard InChI is InChI=1S/C24H28F3N5O2/c1-14-7-8-31(23(33)20-12-34-13-28-20)11-18(14)21-9-15(2)29-22-10-19(30-32(21)22)16-3-5-17(6-4-16)24(25,26)27/h9-10,12-14,16-18H,3-8,11H2,1-2H3/t14-,16?,17?,18-/m0/s1. The molecule has 0 radical (unpaired) electrons. The molecule has 1 saturated carbocycles. The summed E-state index contributed by atoms with van der Waals surface area (Å²) in [4.78, 5) is 23.3. The molecule has 5 rings (SSSR count). The number of likely N-dealkylation sites (tertiary alicyclic amines) is 1. The number of nitrogens with zero attached hydrogens (tertiary/aromatic N) is 5. The van der Waals surface area contributed by atoms with Gasteiger partial charge < -0.3 is 9.32 Å².